The Kier molecular flexibility index (Phi) is 4.04. The largest absolute Gasteiger partial charge is 0.381 e. The van der Waals surface area contributed by atoms with Crippen LogP contribution in [0.4, 0.5) is 14.5 Å². The first-order chi connectivity index (χ1) is 8.54. The number of hydrogen-bond donors (Lipinski definition) is 1. The van der Waals surface area contributed by atoms with Crippen molar-refractivity contribution >= 4 is 28.9 Å². The fourth-order valence-corrected chi connectivity index (χ4v) is 1.95. The zero-order chi connectivity index (χ0) is 13.1. The second kappa shape index (κ2) is 5.55. The molecule has 0 spiro atoms. The summed E-state index contributed by atoms with van der Waals surface area (Å²) in [5, 5.41) is 3.62. The predicted octanol–water partition coefficient (Wildman–Crippen LogP) is 4.88. The van der Waals surface area contributed by atoms with E-state index in [9.17, 15) is 8.78 Å². The monoisotopic (exact) mass is 287 g/mol. The Morgan fingerprint density at radius 3 is 2.44 bits per heavy atom. The van der Waals surface area contributed by atoms with Gasteiger partial charge in [0.25, 0.3) is 0 Å². The Bertz CT molecular complexity index is 553. The summed E-state index contributed by atoms with van der Waals surface area (Å²) in [5.74, 6) is -0.814. The molecule has 5 heteroatoms. The van der Waals surface area contributed by atoms with E-state index in [0.717, 1.165) is 0 Å². The van der Waals surface area contributed by atoms with Crippen molar-refractivity contribution in [2.75, 3.05) is 5.32 Å². The van der Waals surface area contributed by atoms with Gasteiger partial charge in [-0.25, -0.2) is 8.78 Å². The first-order valence-corrected chi connectivity index (χ1v) is 5.94. The molecule has 2 aromatic rings. The highest BCUT2D eigenvalue weighted by Gasteiger charge is 2.04. The highest BCUT2D eigenvalue weighted by atomic mass is 35.5. The van der Waals surface area contributed by atoms with E-state index in [1.54, 1.807) is 6.07 Å². The molecule has 1 nitrogen and oxygen atoms in total. The van der Waals surface area contributed by atoms with Gasteiger partial charge >= 0.3 is 0 Å². The summed E-state index contributed by atoms with van der Waals surface area (Å²) in [5.41, 5.74) is 0.891. The maximum Gasteiger partial charge on any atom is 0.128 e. The van der Waals surface area contributed by atoms with Crippen molar-refractivity contribution in [3.05, 3.63) is 63.6 Å². The molecule has 0 saturated heterocycles. The van der Waals surface area contributed by atoms with Crippen LogP contribution in [-0.2, 0) is 6.54 Å². The lowest BCUT2D eigenvalue weighted by atomic mass is 10.2. The van der Waals surface area contributed by atoms with Crippen LogP contribution in [0.3, 0.4) is 0 Å². The summed E-state index contributed by atoms with van der Waals surface area (Å²) in [4.78, 5) is 0. The molecule has 1 N–H and O–H groups in total. The van der Waals surface area contributed by atoms with Gasteiger partial charge in [0.05, 0.1) is 0 Å². The van der Waals surface area contributed by atoms with Crippen molar-refractivity contribution in [2.45, 2.75) is 6.54 Å². The van der Waals surface area contributed by atoms with Gasteiger partial charge in [-0.3, -0.25) is 0 Å². The maximum absolute atomic E-state index is 13.4. The standard InChI is InChI=1S/C13H9Cl2F2N/c14-9-1-2-13(17)8(3-9)7-18-12-5-10(15)4-11(16)6-12/h1-6,18H,7H2. The van der Waals surface area contributed by atoms with Crippen molar-refractivity contribution in [1.82, 2.24) is 0 Å². The molecule has 0 atom stereocenters. The zero-order valence-corrected chi connectivity index (χ0v) is 10.7. The number of anilines is 1. The lowest BCUT2D eigenvalue weighted by Gasteiger charge is -2.08. The molecule has 18 heavy (non-hydrogen) atoms. The van der Waals surface area contributed by atoms with E-state index >= 15 is 0 Å². The summed E-state index contributed by atoms with van der Waals surface area (Å²) in [7, 11) is 0. The zero-order valence-electron chi connectivity index (χ0n) is 9.18. The minimum Gasteiger partial charge on any atom is -0.381 e. The van der Waals surface area contributed by atoms with E-state index in [-0.39, 0.29) is 17.4 Å². The Labute approximate surface area is 113 Å². The number of halogens is 4. The predicted molar refractivity (Wildman–Crippen MR) is 70.1 cm³/mol. The average Bonchev–Trinajstić information content (AvgIpc) is 2.29. The van der Waals surface area contributed by atoms with Gasteiger partial charge in [-0.15, -0.1) is 0 Å². The van der Waals surface area contributed by atoms with Gasteiger partial charge in [0.2, 0.25) is 0 Å². The Hall–Kier alpha value is -1.32. The molecule has 0 radical (unpaired) electrons. The van der Waals surface area contributed by atoms with Crippen molar-refractivity contribution in [1.29, 1.82) is 0 Å². The summed E-state index contributed by atoms with van der Waals surface area (Å²) in [6, 6.07) is 8.33. The Balaban J connectivity index is 2.13. The fraction of sp³-hybridized carbons (Fsp3) is 0.0769. The minimum atomic E-state index is -0.448. The van der Waals surface area contributed by atoms with E-state index in [1.165, 1.54) is 30.3 Å². The van der Waals surface area contributed by atoms with E-state index in [4.69, 9.17) is 23.2 Å². The first kappa shape index (κ1) is 13.1. The quantitative estimate of drug-likeness (QED) is 0.848. The SMILES string of the molecule is Fc1cc(Cl)cc(NCc2cc(Cl)ccc2F)c1. The van der Waals surface area contributed by atoms with Crippen LogP contribution in [0.2, 0.25) is 10.0 Å². The topological polar surface area (TPSA) is 12.0 Å². The molecular weight excluding hydrogens is 279 g/mol. The van der Waals surface area contributed by atoms with Crippen molar-refractivity contribution in [3.63, 3.8) is 0 Å². The number of rotatable bonds is 3. The third-order valence-corrected chi connectivity index (χ3v) is 2.81. The van der Waals surface area contributed by atoms with Crippen LogP contribution in [0.25, 0.3) is 0 Å². The molecule has 2 aromatic carbocycles. The van der Waals surface area contributed by atoms with Crippen molar-refractivity contribution in [2.24, 2.45) is 0 Å². The van der Waals surface area contributed by atoms with Gasteiger partial charge in [0.1, 0.15) is 11.6 Å². The Morgan fingerprint density at radius 2 is 1.72 bits per heavy atom. The Morgan fingerprint density at radius 1 is 0.944 bits per heavy atom. The summed E-state index contributed by atoms with van der Waals surface area (Å²) < 4.78 is 26.5. The second-order valence-corrected chi connectivity index (χ2v) is 4.62. The molecule has 0 aliphatic rings. The molecule has 0 aromatic heterocycles. The summed E-state index contributed by atoms with van der Waals surface area (Å²) in [6.07, 6.45) is 0. The van der Waals surface area contributed by atoms with Gasteiger partial charge in [-0.05, 0) is 36.4 Å². The van der Waals surface area contributed by atoms with Gasteiger partial charge in [0, 0.05) is 27.8 Å². The van der Waals surface area contributed by atoms with E-state index < -0.39 is 5.82 Å². The number of benzene rings is 2. The number of hydrogen-bond acceptors (Lipinski definition) is 1. The van der Waals surface area contributed by atoms with Gasteiger partial charge in [-0.2, -0.15) is 0 Å². The molecule has 0 heterocycles. The van der Waals surface area contributed by atoms with E-state index in [2.05, 4.69) is 5.32 Å². The fourth-order valence-electron chi connectivity index (χ4n) is 1.53. The summed E-state index contributed by atoms with van der Waals surface area (Å²) in [6.45, 7) is 0.201. The van der Waals surface area contributed by atoms with Crippen molar-refractivity contribution < 1.29 is 8.78 Å². The van der Waals surface area contributed by atoms with E-state index in [1.807, 2.05) is 0 Å². The molecule has 0 bridgehead atoms. The first-order valence-electron chi connectivity index (χ1n) is 5.18. The molecular formula is C13H9Cl2F2N. The molecule has 0 aliphatic carbocycles. The number of nitrogens with one attached hydrogen (secondary N) is 1. The van der Waals surface area contributed by atoms with Crippen LogP contribution in [0.5, 0.6) is 0 Å². The third-order valence-electron chi connectivity index (χ3n) is 2.35. The molecule has 0 fully saturated rings. The second-order valence-electron chi connectivity index (χ2n) is 3.75. The molecule has 0 saturated carbocycles. The van der Waals surface area contributed by atoms with E-state index in [0.29, 0.717) is 16.3 Å². The van der Waals surface area contributed by atoms with Crippen LogP contribution in [0.1, 0.15) is 5.56 Å². The highest BCUT2D eigenvalue weighted by Crippen LogP contribution is 2.20. The third kappa shape index (κ3) is 3.34. The van der Waals surface area contributed by atoms with Gasteiger partial charge in [-0.1, -0.05) is 23.2 Å². The van der Waals surface area contributed by atoms with Crippen LogP contribution < -0.4 is 5.32 Å². The molecule has 2 rings (SSSR count). The lowest BCUT2D eigenvalue weighted by molar-refractivity contribution is 0.612. The maximum atomic E-state index is 13.4. The van der Waals surface area contributed by atoms with Crippen LogP contribution in [0, 0.1) is 11.6 Å². The molecule has 0 unspecified atom stereocenters. The average molecular weight is 288 g/mol. The normalized spacial score (nSPS) is 10.4. The summed E-state index contributed by atoms with van der Waals surface area (Å²) >= 11 is 11.5. The molecule has 94 valence electrons. The minimum absolute atomic E-state index is 0.201. The van der Waals surface area contributed by atoms with Crippen LogP contribution in [0.15, 0.2) is 36.4 Å². The van der Waals surface area contributed by atoms with Crippen LogP contribution >= 0.6 is 23.2 Å². The van der Waals surface area contributed by atoms with Gasteiger partial charge < -0.3 is 5.32 Å². The molecule has 0 aliphatic heterocycles. The van der Waals surface area contributed by atoms with Crippen molar-refractivity contribution in [3.8, 4) is 0 Å². The smallest absolute Gasteiger partial charge is 0.128 e. The van der Waals surface area contributed by atoms with Crippen LogP contribution in [-0.4, -0.2) is 0 Å². The highest BCUT2D eigenvalue weighted by molar-refractivity contribution is 6.31. The lowest BCUT2D eigenvalue weighted by Crippen LogP contribution is -2.02. The van der Waals surface area contributed by atoms with Gasteiger partial charge in [0.15, 0.2) is 0 Å². The molecule has 0 amide bonds.